The fourth-order valence-electron chi connectivity index (χ4n) is 1.56. The van der Waals surface area contributed by atoms with Gasteiger partial charge in [0.25, 0.3) is 0 Å². The first kappa shape index (κ1) is 15.0. The summed E-state index contributed by atoms with van der Waals surface area (Å²) < 4.78 is 14.2. The predicted molar refractivity (Wildman–Crippen MR) is 78.0 cm³/mol. The normalized spacial score (nSPS) is 10.8. The number of unbranched alkanes of at least 4 members (excludes halogenated alkanes) is 2. The first-order chi connectivity index (χ1) is 8.24. The maximum Gasteiger partial charge on any atom is 0.128 e. The fraction of sp³-hybridized carbons (Fsp3) is 0.538. The van der Waals surface area contributed by atoms with E-state index in [2.05, 4.69) is 27.5 Å². The lowest BCUT2D eigenvalue weighted by Crippen LogP contribution is -2.15. The van der Waals surface area contributed by atoms with Crippen LogP contribution in [-0.4, -0.2) is 18.6 Å². The summed E-state index contributed by atoms with van der Waals surface area (Å²) in [5, 5.41) is 3.28. The molecule has 0 aliphatic rings. The van der Waals surface area contributed by atoms with E-state index in [9.17, 15) is 4.39 Å². The molecule has 0 bridgehead atoms. The van der Waals surface area contributed by atoms with E-state index < -0.39 is 0 Å². The Kier molecular flexibility index (Phi) is 7.90. The van der Waals surface area contributed by atoms with Crippen LogP contribution in [-0.2, 0) is 6.54 Å². The van der Waals surface area contributed by atoms with Gasteiger partial charge >= 0.3 is 0 Å². The van der Waals surface area contributed by atoms with Crippen LogP contribution in [0.25, 0.3) is 0 Å². The molecule has 1 aromatic rings. The first-order valence-corrected chi connectivity index (χ1v) is 8.06. The van der Waals surface area contributed by atoms with Crippen LogP contribution in [0.2, 0.25) is 0 Å². The minimum Gasteiger partial charge on any atom is -0.313 e. The summed E-state index contributed by atoms with van der Waals surface area (Å²) in [6.07, 6.45) is 5.82. The van der Waals surface area contributed by atoms with Crippen LogP contribution in [0.5, 0.6) is 0 Å². The van der Waals surface area contributed by atoms with E-state index in [-0.39, 0.29) is 5.82 Å². The van der Waals surface area contributed by atoms with Crippen LogP contribution in [0.3, 0.4) is 0 Å². The second-order valence-electron chi connectivity index (χ2n) is 3.97. The fourth-order valence-corrected chi connectivity index (χ4v) is 2.39. The predicted octanol–water partition coefficient (Wildman–Crippen LogP) is 4.21. The second-order valence-corrected chi connectivity index (χ2v) is 5.87. The molecule has 1 aromatic carbocycles. The summed E-state index contributed by atoms with van der Waals surface area (Å²) in [5.74, 6) is 1.09. The molecule has 0 fully saturated rings. The summed E-state index contributed by atoms with van der Waals surface area (Å²) in [6.45, 7) is 1.57. The van der Waals surface area contributed by atoms with Gasteiger partial charge in [0.2, 0.25) is 0 Å². The third kappa shape index (κ3) is 6.43. The molecule has 0 aliphatic heterocycles. The number of rotatable bonds is 8. The zero-order chi connectivity index (χ0) is 12.5. The van der Waals surface area contributed by atoms with Crippen LogP contribution in [0.4, 0.5) is 4.39 Å². The molecule has 17 heavy (non-hydrogen) atoms. The molecule has 0 atom stereocenters. The van der Waals surface area contributed by atoms with Crippen molar-refractivity contribution in [1.82, 2.24) is 5.32 Å². The average molecular weight is 320 g/mol. The number of thioether (sulfide) groups is 1. The molecule has 0 saturated carbocycles. The molecule has 0 saturated heterocycles. The van der Waals surface area contributed by atoms with E-state index in [1.54, 1.807) is 0 Å². The molecular weight excluding hydrogens is 301 g/mol. The molecule has 4 heteroatoms. The minimum absolute atomic E-state index is 0.144. The van der Waals surface area contributed by atoms with Gasteiger partial charge in [-0.3, -0.25) is 0 Å². The molecule has 1 rings (SSSR count). The highest BCUT2D eigenvalue weighted by atomic mass is 79.9. The van der Waals surface area contributed by atoms with E-state index in [1.807, 2.05) is 23.9 Å². The highest BCUT2D eigenvalue weighted by molar-refractivity contribution is 9.10. The van der Waals surface area contributed by atoms with Crippen molar-refractivity contribution in [2.24, 2.45) is 0 Å². The van der Waals surface area contributed by atoms with Gasteiger partial charge in [-0.05, 0) is 43.5 Å². The highest BCUT2D eigenvalue weighted by Gasteiger charge is 2.01. The van der Waals surface area contributed by atoms with Crippen LogP contribution in [0.15, 0.2) is 22.7 Å². The summed E-state index contributed by atoms with van der Waals surface area (Å²) in [5.41, 5.74) is 0.734. The number of benzene rings is 1. The molecule has 0 amide bonds. The number of hydrogen-bond acceptors (Lipinski definition) is 2. The van der Waals surface area contributed by atoms with Crippen molar-refractivity contribution in [3.63, 3.8) is 0 Å². The maximum absolute atomic E-state index is 13.5. The summed E-state index contributed by atoms with van der Waals surface area (Å²) >= 11 is 5.14. The molecule has 0 heterocycles. The minimum atomic E-state index is -0.144. The smallest absolute Gasteiger partial charge is 0.128 e. The summed E-state index contributed by atoms with van der Waals surface area (Å²) in [7, 11) is 0. The van der Waals surface area contributed by atoms with Crippen molar-refractivity contribution in [3.8, 4) is 0 Å². The topological polar surface area (TPSA) is 12.0 Å². The van der Waals surface area contributed by atoms with E-state index in [0.717, 1.165) is 16.6 Å². The average Bonchev–Trinajstić information content (AvgIpc) is 2.30. The monoisotopic (exact) mass is 319 g/mol. The van der Waals surface area contributed by atoms with Gasteiger partial charge in [-0.25, -0.2) is 4.39 Å². The highest BCUT2D eigenvalue weighted by Crippen LogP contribution is 2.15. The molecule has 0 unspecified atom stereocenters. The Morgan fingerprint density at radius 1 is 1.29 bits per heavy atom. The molecular formula is C13H19BrFNS. The van der Waals surface area contributed by atoms with Crippen molar-refractivity contribution in [2.75, 3.05) is 18.6 Å². The Balaban J connectivity index is 2.14. The van der Waals surface area contributed by atoms with E-state index in [0.29, 0.717) is 6.54 Å². The lowest BCUT2D eigenvalue weighted by molar-refractivity contribution is 0.573. The van der Waals surface area contributed by atoms with E-state index >= 15 is 0 Å². The van der Waals surface area contributed by atoms with Gasteiger partial charge in [0, 0.05) is 16.6 Å². The quantitative estimate of drug-likeness (QED) is 0.720. The van der Waals surface area contributed by atoms with Gasteiger partial charge in [-0.1, -0.05) is 28.4 Å². The SMILES string of the molecule is CSCCCCCNCc1ccc(Br)cc1F. The largest absolute Gasteiger partial charge is 0.313 e. The number of nitrogens with one attached hydrogen (secondary N) is 1. The Morgan fingerprint density at radius 2 is 2.12 bits per heavy atom. The lowest BCUT2D eigenvalue weighted by Gasteiger charge is -2.06. The molecule has 0 aromatic heterocycles. The van der Waals surface area contributed by atoms with Crippen molar-refractivity contribution < 1.29 is 4.39 Å². The van der Waals surface area contributed by atoms with Crippen molar-refractivity contribution in [2.45, 2.75) is 25.8 Å². The van der Waals surface area contributed by atoms with Gasteiger partial charge in [-0.2, -0.15) is 11.8 Å². The van der Waals surface area contributed by atoms with E-state index in [1.165, 1.54) is 31.1 Å². The Hall–Kier alpha value is -0.0600. The summed E-state index contributed by atoms with van der Waals surface area (Å²) in [6, 6.07) is 5.20. The molecule has 1 N–H and O–H groups in total. The third-order valence-electron chi connectivity index (χ3n) is 2.53. The summed E-state index contributed by atoms with van der Waals surface area (Å²) in [4.78, 5) is 0. The van der Waals surface area contributed by atoms with E-state index in [4.69, 9.17) is 0 Å². The Morgan fingerprint density at radius 3 is 2.82 bits per heavy atom. The van der Waals surface area contributed by atoms with Gasteiger partial charge in [-0.15, -0.1) is 0 Å². The van der Waals surface area contributed by atoms with Crippen LogP contribution >= 0.6 is 27.7 Å². The first-order valence-electron chi connectivity index (χ1n) is 5.87. The maximum atomic E-state index is 13.5. The van der Waals surface area contributed by atoms with Gasteiger partial charge < -0.3 is 5.32 Å². The Labute approximate surface area is 116 Å². The van der Waals surface area contributed by atoms with Crippen molar-refractivity contribution in [1.29, 1.82) is 0 Å². The van der Waals surface area contributed by atoms with Crippen molar-refractivity contribution >= 4 is 27.7 Å². The van der Waals surface area contributed by atoms with Crippen molar-refractivity contribution in [3.05, 3.63) is 34.1 Å². The number of halogens is 2. The second kappa shape index (κ2) is 8.95. The zero-order valence-electron chi connectivity index (χ0n) is 10.1. The molecule has 0 radical (unpaired) electrons. The molecule has 0 spiro atoms. The van der Waals surface area contributed by atoms with Gasteiger partial charge in [0.1, 0.15) is 5.82 Å². The Bertz CT molecular complexity index is 333. The van der Waals surface area contributed by atoms with Gasteiger partial charge in [0.05, 0.1) is 0 Å². The zero-order valence-corrected chi connectivity index (χ0v) is 12.5. The molecule has 0 aliphatic carbocycles. The van der Waals surface area contributed by atoms with Gasteiger partial charge in [0.15, 0.2) is 0 Å². The third-order valence-corrected chi connectivity index (χ3v) is 3.72. The van der Waals surface area contributed by atoms with Crippen LogP contribution < -0.4 is 5.32 Å². The molecule has 96 valence electrons. The molecule has 1 nitrogen and oxygen atoms in total. The standard InChI is InChI=1S/C13H19BrFNS/c1-17-8-4-2-3-7-16-10-11-5-6-12(14)9-13(11)15/h5-6,9,16H,2-4,7-8,10H2,1H3. The lowest BCUT2D eigenvalue weighted by atomic mass is 10.2. The van der Waals surface area contributed by atoms with Crippen LogP contribution in [0.1, 0.15) is 24.8 Å². The van der Waals surface area contributed by atoms with Crippen LogP contribution in [0, 0.1) is 5.82 Å². The number of hydrogen-bond donors (Lipinski definition) is 1.